The smallest absolute Gasteiger partial charge is 0.220 e. The SMILES string of the molecule is C[C@@H](O)CNC(=O)CC(C)(C)C. The number of aliphatic hydroxyl groups excluding tert-OH is 1. The first kappa shape index (κ1) is 11.4. The third-order valence-electron chi connectivity index (χ3n) is 1.29. The number of aliphatic hydroxyl groups is 1. The molecule has 3 nitrogen and oxygen atoms in total. The van der Waals surface area contributed by atoms with Crippen LogP contribution in [0.25, 0.3) is 0 Å². The Labute approximate surface area is 74.2 Å². The topological polar surface area (TPSA) is 49.3 Å². The molecule has 0 aromatic carbocycles. The molecule has 0 aliphatic rings. The molecule has 0 saturated heterocycles. The minimum Gasteiger partial charge on any atom is -0.392 e. The standard InChI is InChI=1S/C9H19NO2/c1-7(11)6-10-8(12)5-9(2,3)4/h7,11H,5-6H2,1-4H3,(H,10,12)/t7-/m1/s1. The lowest BCUT2D eigenvalue weighted by molar-refractivity contribution is -0.123. The minimum atomic E-state index is -0.464. The number of carbonyl (C=O) groups excluding carboxylic acids is 1. The second-order valence-electron chi connectivity index (χ2n) is 4.39. The Balaban J connectivity index is 3.61. The zero-order valence-corrected chi connectivity index (χ0v) is 8.35. The molecule has 72 valence electrons. The fraction of sp³-hybridized carbons (Fsp3) is 0.889. The van der Waals surface area contributed by atoms with Crippen LogP contribution in [-0.4, -0.2) is 23.7 Å². The van der Waals surface area contributed by atoms with Gasteiger partial charge in [0.25, 0.3) is 0 Å². The molecule has 0 saturated carbocycles. The predicted octanol–water partition coefficient (Wildman–Crippen LogP) is 0.920. The van der Waals surface area contributed by atoms with Crippen LogP contribution >= 0.6 is 0 Å². The summed E-state index contributed by atoms with van der Waals surface area (Å²) in [5.41, 5.74) is 0.0166. The molecule has 1 atom stereocenters. The van der Waals surface area contributed by atoms with Crippen molar-refractivity contribution in [3.05, 3.63) is 0 Å². The highest BCUT2D eigenvalue weighted by Gasteiger charge is 2.15. The Morgan fingerprint density at radius 2 is 2.00 bits per heavy atom. The molecule has 2 N–H and O–H groups in total. The van der Waals surface area contributed by atoms with Crippen molar-refractivity contribution in [2.45, 2.75) is 40.2 Å². The highest BCUT2D eigenvalue weighted by molar-refractivity contribution is 5.76. The van der Waals surface area contributed by atoms with E-state index in [1.165, 1.54) is 0 Å². The predicted molar refractivity (Wildman–Crippen MR) is 48.8 cm³/mol. The normalized spacial score (nSPS) is 14.1. The molecule has 0 radical (unpaired) electrons. The number of carbonyl (C=O) groups is 1. The van der Waals surface area contributed by atoms with E-state index in [1.54, 1.807) is 6.92 Å². The zero-order valence-electron chi connectivity index (χ0n) is 8.35. The van der Waals surface area contributed by atoms with Crippen molar-refractivity contribution in [2.24, 2.45) is 5.41 Å². The minimum absolute atomic E-state index is 0.00315. The number of nitrogens with one attached hydrogen (secondary N) is 1. The van der Waals surface area contributed by atoms with Crippen LogP contribution in [0.15, 0.2) is 0 Å². The maximum absolute atomic E-state index is 11.1. The molecule has 0 aromatic heterocycles. The summed E-state index contributed by atoms with van der Waals surface area (Å²) in [4.78, 5) is 11.1. The zero-order chi connectivity index (χ0) is 9.78. The van der Waals surface area contributed by atoms with Crippen LogP contribution in [0.2, 0.25) is 0 Å². The van der Waals surface area contributed by atoms with Gasteiger partial charge in [-0.25, -0.2) is 0 Å². The molecule has 0 aliphatic carbocycles. The van der Waals surface area contributed by atoms with Crippen molar-refractivity contribution in [1.82, 2.24) is 5.32 Å². The van der Waals surface area contributed by atoms with Gasteiger partial charge in [0.2, 0.25) is 5.91 Å². The Bertz CT molecular complexity index is 147. The summed E-state index contributed by atoms with van der Waals surface area (Å²) in [7, 11) is 0. The van der Waals surface area contributed by atoms with E-state index in [2.05, 4.69) is 5.32 Å². The Kier molecular flexibility index (Phi) is 4.24. The van der Waals surface area contributed by atoms with Gasteiger partial charge < -0.3 is 10.4 Å². The summed E-state index contributed by atoms with van der Waals surface area (Å²) >= 11 is 0. The fourth-order valence-electron chi connectivity index (χ4n) is 0.806. The number of hydrogen-bond acceptors (Lipinski definition) is 2. The van der Waals surface area contributed by atoms with Crippen molar-refractivity contribution < 1.29 is 9.90 Å². The molecule has 0 rings (SSSR count). The molecular weight excluding hydrogens is 154 g/mol. The summed E-state index contributed by atoms with van der Waals surface area (Å²) in [6.07, 6.45) is 0.0358. The molecule has 0 bridgehead atoms. The number of amides is 1. The van der Waals surface area contributed by atoms with E-state index in [0.717, 1.165) is 0 Å². The van der Waals surface area contributed by atoms with Crippen LogP contribution in [0.1, 0.15) is 34.1 Å². The van der Waals surface area contributed by atoms with Crippen molar-refractivity contribution in [3.63, 3.8) is 0 Å². The lowest BCUT2D eigenvalue weighted by atomic mass is 9.92. The van der Waals surface area contributed by atoms with Crippen molar-refractivity contribution in [1.29, 1.82) is 0 Å². The van der Waals surface area contributed by atoms with Gasteiger partial charge in [0, 0.05) is 13.0 Å². The van der Waals surface area contributed by atoms with Gasteiger partial charge in [-0.2, -0.15) is 0 Å². The van der Waals surface area contributed by atoms with Gasteiger partial charge in [0.05, 0.1) is 6.10 Å². The van der Waals surface area contributed by atoms with Gasteiger partial charge in [0.15, 0.2) is 0 Å². The monoisotopic (exact) mass is 173 g/mol. The van der Waals surface area contributed by atoms with E-state index in [9.17, 15) is 4.79 Å². The van der Waals surface area contributed by atoms with E-state index in [4.69, 9.17) is 5.11 Å². The van der Waals surface area contributed by atoms with Crippen LogP contribution in [0.5, 0.6) is 0 Å². The fourth-order valence-corrected chi connectivity index (χ4v) is 0.806. The lowest BCUT2D eigenvalue weighted by Crippen LogP contribution is -2.32. The molecular formula is C9H19NO2. The first-order valence-electron chi connectivity index (χ1n) is 4.26. The van der Waals surface area contributed by atoms with Crippen molar-refractivity contribution in [3.8, 4) is 0 Å². The quantitative estimate of drug-likeness (QED) is 0.666. The molecule has 0 aromatic rings. The molecule has 0 heterocycles. The average Bonchev–Trinajstić information content (AvgIpc) is 1.79. The van der Waals surface area contributed by atoms with Crippen molar-refractivity contribution >= 4 is 5.91 Å². The highest BCUT2D eigenvalue weighted by atomic mass is 16.3. The van der Waals surface area contributed by atoms with Crippen LogP contribution in [-0.2, 0) is 4.79 Å². The van der Waals surface area contributed by atoms with Crippen molar-refractivity contribution in [2.75, 3.05) is 6.54 Å². The summed E-state index contributed by atoms with van der Waals surface area (Å²) in [6, 6.07) is 0. The molecule has 0 fully saturated rings. The number of hydrogen-bond donors (Lipinski definition) is 2. The van der Waals surface area contributed by atoms with Gasteiger partial charge in [-0.3, -0.25) is 4.79 Å². The van der Waals surface area contributed by atoms with Crippen LogP contribution in [0, 0.1) is 5.41 Å². The third kappa shape index (κ3) is 7.54. The van der Waals surface area contributed by atoms with Gasteiger partial charge in [0.1, 0.15) is 0 Å². The molecule has 0 aliphatic heterocycles. The summed E-state index contributed by atoms with van der Waals surface area (Å²) in [6.45, 7) is 8.02. The Hall–Kier alpha value is -0.570. The van der Waals surface area contributed by atoms with Gasteiger partial charge in [-0.1, -0.05) is 20.8 Å². The summed E-state index contributed by atoms with van der Waals surface area (Å²) in [5, 5.41) is 11.5. The maximum atomic E-state index is 11.1. The maximum Gasteiger partial charge on any atom is 0.220 e. The Morgan fingerprint density at radius 3 is 2.33 bits per heavy atom. The average molecular weight is 173 g/mol. The van der Waals surface area contributed by atoms with E-state index < -0.39 is 6.10 Å². The van der Waals surface area contributed by atoms with E-state index in [0.29, 0.717) is 13.0 Å². The second-order valence-corrected chi connectivity index (χ2v) is 4.39. The summed E-state index contributed by atoms with van der Waals surface area (Å²) < 4.78 is 0. The lowest BCUT2D eigenvalue weighted by Gasteiger charge is -2.17. The molecule has 0 spiro atoms. The largest absolute Gasteiger partial charge is 0.392 e. The Morgan fingerprint density at radius 1 is 1.50 bits per heavy atom. The highest BCUT2D eigenvalue weighted by Crippen LogP contribution is 2.17. The van der Waals surface area contributed by atoms with Crippen LogP contribution in [0.4, 0.5) is 0 Å². The second kappa shape index (κ2) is 4.45. The van der Waals surface area contributed by atoms with Gasteiger partial charge in [-0.15, -0.1) is 0 Å². The number of rotatable bonds is 3. The van der Waals surface area contributed by atoms with Crippen LogP contribution in [0.3, 0.4) is 0 Å². The molecule has 0 unspecified atom stereocenters. The first-order valence-corrected chi connectivity index (χ1v) is 4.26. The third-order valence-corrected chi connectivity index (χ3v) is 1.29. The molecule has 1 amide bonds. The first-order chi connectivity index (χ1) is 5.31. The summed E-state index contributed by atoms with van der Waals surface area (Å²) in [5.74, 6) is 0.00315. The van der Waals surface area contributed by atoms with E-state index in [-0.39, 0.29) is 11.3 Å². The van der Waals surface area contributed by atoms with Gasteiger partial charge in [-0.05, 0) is 12.3 Å². The van der Waals surface area contributed by atoms with E-state index in [1.807, 2.05) is 20.8 Å². The molecule has 3 heteroatoms. The van der Waals surface area contributed by atoms with Crippen LogP contribution < -0.4 is 5.32 Å². The van der Waals surface area contributed by atoms with Gasteiger partial charge >= 0.3 is 0 Å². The van der Waals surface area contributed by atoms with E-state index >= 15 is 0 Å². The molecule has 12 heavy (non-hydrogen) atoms.